The molecule has 0 radical (unpaired) electrons. The molecule has 9 nitrogen and oxygen atoms in total. The topological polar surface area (TPSA) is 105 Å². The Labute approximate surface area is 226 Å². The minimum absolute atomic E-state index is 0.262. The van der Waals surface area contributed by atoms with Crippen LogP contribution in [-0.2, 0) is 17.7 Å². The Balaban J connectivity index is 1.63. The first-order valence-electron chi connectivity index (χ1n) is 13.0. The lowest BCUT2D eigenvalue weighted by atomic mass is 9.91. The number of carbonyl (C=O) groups is 2. The lowest BCUT2D eigenvalue weighted by molar-refractivity contribution is 0.0224. The first kappa shape index (κ1) is 28.9. The second-order valence-electron chi connectivity index (χ2n) is 11.7. The van der Waals surface area contributed by atoms with Crippen LogP contribution in [0.3, 0.4) is 0 Å². The van der Waals surface area contributed by atoms with Crippen LogP contribution in [0.1, 0.15) is 75.9 Å². The molecule has 2 aliphatic rings. The van der Waals surface area contributed by atoms with Crippen molar-refractivity contribution >= 4 is 24.4 Å². The van der Waals surface area contributed by atoms with Crippen molar-refractivity contribution in [2.45, 2.75) is 79.1 Å². The number of nitrogens with one attached hydrogen (secondary N) is 2. The largest absolute Gasteiger partial charge is 0.496 e. The highest BCUT2D eigenvalue weighted by Gasteiger charge is 2.28. The van der Waals surface area contributed by atoms with E-state index in [4.69, 9.17) is 9.47 Å². The van der Waals surface area contributed by atoms with Crippen LogP contribution in [0.15, 0.2) is 46.3 Å². The summed E-state index contributed by atoms with van der Waals surface area (Å²) in [5.41, 5.74) is 2.78. The zero-order valence-corrected chi connectivity index (χ0v) is 23.6. The van der Waals surface area contributed by atoms with Crippen LogP contribution in [0, 0.1) is 5.41 Å². The molecule has 1 aromatic rings. The van der Waals surface area contributed by atoms with E-state index in [2.05, 4.69) is 41.6 Å². The molecule has 1 unspecified atom stereocenters. The fraction of sp³-hybridized carbons (Fsp3) is 0.517. The van der Waals surface area contributed by atoms with Gasteiger partial charge in [0, 0.05) is 19.3 Å². The van der Waals surface area contributed by atoms with Gasteiger partial charge in [-0.15, -0.1) is 0 Å². The SMILES string of the molecule is COc1cc2c(cc1C(=O)NC1C=CC=C(/C=N/N=C/CCC(C)(C)C)N1)CN(C(=O)OC(C)(C)C)CC2. The molecule has 1 aromatic carbocycles. The molecule has 2 N–H and O–H groups in total. The van der Waals surface area contributed by atoms with Crippen molar-refractivity contribution in [3.8, 4) is 5.75 Å². The number of nitrogens with zero attached hydrogens (tertiary/aromatic N) is 3. The van der Waals surface area contributed by atoms with E-state index in [0.29, 0.717) is 30.8 Å². The highest BCUT2D eigenvalue weighted by Crippen LogP contribution is 2.29. The number of fused-ring (bicyclic) bond motifs is 1. The van der Waals surface area contributed by atoms with E-state index in [0.717, 1.165) is 29.7 Å². The summed E-state index contributed by atoms with van der Waals surface area (Å²) in [4.78, 5) is 27.5. The number of carbonyl (C=O) groups excluding carboxylic acids is 2. The number of rotatable bonds is 7. The van der Waals surface area contributed by atoms with Crippen LogP contribution in [0.4, 0.5) is 4.79 Å². The van der Waals surface area contributed by atoms with Gasteiger partial charge >= 0.3 is 6.09 Å². The Morgan fingerprint density at radius 2 is 1.92 bits per heavy atom. The van der Waals surface area contributed by atoms with Crippen molar-refractivity contribution in [1.29, 1.82) is 0 Å². The normalized spacial score (nSPS) is 17.7. The molecule has 0 saturated carbocycles. The molecule has 0 spiro atoms. The minimum atomic E-state index is -0.570. The van der Waals surface area contributed by atoms with Gasteiger partial charge in [-0.05, 0) is 80.9 Å². The molecule has 1 atom stereocenters. The molecule has 2 aliphatic heterocycles. The Morgan fingerprint density at radius 1 is 1.16 bits per heavy atom. The van der Waals surface area contributed by atoms with Crippen molar-refractivity contribution in [2.75, 3.05) is 13.7 Å². The van der Waals surface area contributed by atoms with Gasteiger partial charge < -0.3 is 25.0 Å². The van der Waals surface area contributed by atoms with Crippen molar-refractivity contribution in [3.05, 3.63) is 52.7 Å². The average Bonchev–Trinajstić information content (AvgIpc) is 2.83. The third-order valence-corrected chi connectivity index (χ3v) is 5.99. The maximum atomic E-state index is 13.3. The Bertz CT molecular complexity index is 1140. The lowest BCUT2D eigenvalue weighted by Crippen LogP contribution is -2.45. The Hall–Kier alpha value is -3.62. The monoisotopic (exact) mass is 523 g/mol. The van der Waals surface area contributed by atoms with Crippen LogP contribution in [0.5, 0.6) is 5.75 Å². The molecular formula is C29H41N5O4. The third-order valence-electron chi connectivity index (χ3n) is 5.99. The fourth-order valence-electron chi connectivity index (χ4n) is 4.04. The van der Waals surface area contributed by atoms with E-state index < -0.39 is 11.8 Å². The summed E-state index contributed by atoms with van der Waals surface area (Å²) < 4.78 is 11.1. The van der Waals surface area contributed by atoms with E-state index in [1.165, 1.54) is 0 Å². The highest BCUT2D eigenvalue weighted by atomic mass is 16.6. The molecular weight excluding hydrogens is 482 g/mol. The second-order valence-corrected chi connectivity index (χ2v) is 11.7. The maximum Gasteiger partial charge on any atom is 0.410 e. The number of hydrogen-bond donors (Lipinski definition) is 2. The summed E-state index contributed by atoms with van der Waals surface area (Å²) >= 11 is 0. The lowest BCUT2D eigenvalue weighted by Gasteiger charge is -2.31. The predicted molar refractivity (Wildman–Crippen MR) is 151 cm³/mol. The first-order chi connectivity index (χ1) is 17.8. The third kappa shape index (κ3) is 8.75. The first-order valence-corrected chi connectivity index (χ1v) is 13.0. The van der Waals surface area contributed by atoms with Gasteiger partial charge in [-0.25, -0.2) is 4.79 Å². The van der Waals surface area contributed by atoms with Crippen molar-refractivity contribution in [2.24, 2.45) is 15.6 Å². The maximum absolute atomic E-state index is 13.3. The standard InChI is InChI=1S/C29H41N5O4/c1-28(2,3)13-9-14-30-31-18-22-10-8-11-25(32-22)33-26(35)23-16-21-19-34(27(36)38-29(4,5)6)15-12-20(21)17-24(23)37-7/h8,10-11,14,16-18,25,32H,9,12-13,15,19H2,1-7H3,(H,33,35)/b30-14+,31-18+. The minimum Gasteiger partial charge on any atom is -0.496 e. The Kier molecular flexibility index (Phi) is 9.36. The summed E-state index contributed by atoms with van der Waals surface area (Å²) in [6.45, 7) is 13.0. The highest BCUT2D eigenvalue weighted by molar-refractivity contribution is 5.97. The summed E-state index contributed by atoms with van der Waals surface area (Å²) in [7, 11) is 1.55. The van der Waals surface area contributed by atoms with Gasteiger partial charge in [-0.1, -0.05) is 26.8 Å². The number of allylic oxidation sites excluding steroid dienone is 3. The summed E-state index contributed by atoms with van der Waals surface area (Å²) in [6.07, 6.45) is 10.8. The van der Waals surface area contributed by atoms with E-state index in [9.17, 15) is 9.59 Å². The van der Waals surface area contributed by atoms with Gasteiger partial charge in [-0.3, -0.25) is 4.79 Å². The van der Waals surface area contributed by atoms with Gasteiger partial charge in [0.2, 0.25) is 0 Å². The van der Waals surface area contributed by atoms with E-state index >= 15 is 0 Å². The number of dihydropyridines is 1. The molecule has 0 fully saturated rings. The van der Waals surface area contributed by atoms with Crippen molar-refractivity contribution in [3.63, 3.8) is 0 Å². The predicted octanol–water partition coefficient (Wildman–Crippen LogP) is 4.97. The Morgan fingerprint density at radius 3 is 2.61 bits per heavy atom. The molecule has 38 heavy (non-hydrogen) atoms. The van der Waals surface area contributed by atoms with E-state index in [1.807, 2.05) is 51.3 Å². The van der Waals surface area contributed by atoms with Gasteiger partial charge in [0.15, 0.2) is 0 Å². The number of hydrogen-bond acceptors (Lipinski definition) is 7. The molecule has 0 bridgehead atoms. The summed E-state index contributed by atoms with van der Waals surface area (Å²) in [5, 5.41) is 14.4. The molecule has 0 aliphatic carbocycles. The molecule has 206 valence electrons. The number of ether oxygens (including phenoxy) is 2. The van der Waals surface area contributed by atoms with E-state index in [-0.39, 0.29) is 17.4 Å². The molecule has 3 rings (SSSR count). The fourth-order valence-corrected chi connectivity index (χ4v) is 4.04. The molecule has 2 amide bonds. The number of benzene rings is 1. The van der Waals surface area contributed by atoms with Gasteiger partial charge in [-0.2, -0.15) is 10.2 Å². The van der Waals surface area contributed by atoms with Crippen molar-refractivity contribution < 1.29 is 19.1 Å². The molecule has 0 aromatic heterocycles. The van der Waals surface area contributed by atoms with Gasteiger partial charge in [0.1, 0.15) is 17.5 Å². The molecule has 2 heterocycles. The van der Waals surface area contributed by atoms with Gasteiger partial charge in [0.05, 0.1) is 24.6 Å². The van der Waals surface area contributed by atoms with Crippen LogP contribution in [0.2, 0.25) is 0 Å². The molecule has 0 saturated heterocycles. The van der Waals surface area contributed by atoms with Crippen LogP contribution < -0.4 is 15.4 Å². The van der Waals surface area contributed by atoms with Crippen LogP contribution >= 0.6 is 0 Å². The number of methoxy groups -OCH3 is 1. The number of amides is 2. The van der Waals surface area contributed by atoms with Gasteiger partial charge in [0.25, 0.3) is 5.91 Å². The van der Waals surface area contributed by atoms with Crippen LogP contribution in [-0.4, -0.2) is 54.8 Å². The average molecular weight is 524 g/mol. The van der Waals surface area contributed by atoms with Crippen molar-refractivity contribution in [1.82, 2.24) is 15.5 Å². The molecule has 9 heteroatoms. The summed E-state index contributed by atoms with van der Waals surface area (Å²) in [6, 6.07) is 3.69. The summed E-state index contributed by atoms with van der Waals surface area (Å²) in [5.74, 6) is 0.202. The zero-order valence-electron chi connectivity index (χ0n) is 23.6. The quantitative estimate of drug-likeness (QED) is 0.388. The zero-order chi connectivity index (χ0) is 27.9. The smallest absolute Gasteiger partial charge is 0.410 e. The van der Waals surface area contributed by atoms with Crippen LogP contribution in [0.25, 0.3) is 0 Å². The van der Waals surface area contributed by atoms with E-state index in [1.54, 1.807) is 24.3 Å². The second kappa shape index (κ2) is 12.3.